The highest BCUT2D eigenvalue weighted by atomic mass is 16.2. The molecule has 0 aromatic rings. The zero-order valence-electron chi connectivity index (χ0n) is 13.6. The molecule has 2 fully saturated rings. The van der Waals surface area contributed by atoms with Gasteiger partial charge in [-0.05, 0) is 20.8 Å². The van der Waals surface area contributed by atoms with E-state index in [1.807, 2.05) is 0 Å². The number of nitrogens with zero attached hydrogens (tertiary/aromatic N) is 4. The van der Waals surface area contributed by atoms with Crippen LogP contribution in [-0.4, -0.2) is 68.9 Å². The Labute approximate surface area is 128 Å². The Bertz CT molecular complexity index is 630. The van der Waals surface area contributed by atoms with Crippen LogP contribution in [0.25, 0.3) is 0 Å². The SMILES string of the molecule is C=C(C)C(=O)N1C(=O)N(C)[C@@]2(C)N(C)C(=O)N(C(C)=O)[C@@]12C. The fourth-order valence-electron chi connectivity index (χ4n) is 3.35. The quantitative estimate of drug-likeness (QED) is 0.671. The number of carbonyl (C=O) groups is 4. The largest absolute Gasteiger partial charge is 0.330 e. The predicted molar refractivity (Wildman–Crippen MR) is 77.3 cm³/mol. The van der Waals surface area contributed by atoms with E-state index in [4.69, 9.17) is 0 Å². The van der Waals surface area contributed by atoms with E-state index < -0.39 is 35.2 Å². The second-order valence-electron chi connectivity index (χ2n) is 6.00. The van der Waals surface area contributed by atoms with E-state index in [2.05, 4.69) is 6.58 Å². The lowest BCUT2D eigenvalue weighted by Crippen LogP contribution is -2.65. The average Bonchev–Trinajstić information content (AvgIpc) is 2.66. The van der Waals surface area contributed by atoms with Gasteiger partial charge in [-0.1, -0.05) is 6.58 Å². The number of fused-ring (bicyclic) bond motifs is 1. The predicted octanol–water partition coefficient (Wildman–Crippen LogP) is 0.803. The van der Waals surface area contributed by atoms with Crippen molar-refractivity contribution in [3.8, 4) is 0 Å². The number of urea groups is 2. The summed E-state index contributed by atoms with van der Waals surface area (Å²) >= 11 is 0. The number of rotatable bonds is 1. The molecule has 0 aliphatic carbocycles. The van der Waals surface area contributed by atoms with E-state index in [1.54, 1.807) is 6.92 Å². The Kier molecular flexibility index (Phi) is 3.13. The number of amides is 6. The smallest absolute Gasteiger partial charge is 0.300 e. The first-order chi connectivity index (χ1) is 9.93. The maximum Gasteiger partial charge on any atom is 0.330 e. The molecule has 2 aliphatic heterocycles. The van der Waals surface area contributed by atoms with Crippen molar-refractivity contribution in [2.45, 2.75) is 39.0 Å². The lowest BCUT2D eigenvalue weighted by atomic mass is 9.95. The summed E-state index contributed by atoms with van der Waals surface area (Å²) in [4.78, 5) is 54.1. The molecule has 8 heteroatoms. The molecule has 2 aliphatic rings. The van der Waals surface area contributed by atoms with E-state index in [0.29, 0.717) is 0 Å². The average molecular weight is 308 g/mol. The van der Waals surface area contributed by atoms with Gasteiger partial charge in [0.1, 0.15) is 0 Å². The molecule has 2 heterocycles. The van der Waals surface area contributed by atoms with Crippen LogP contribution in [0.4, 0.5) is 9.59 Å². The molecule has 2 saturated heterocycles. The van der Waals surface area contributed by atoms with E-state index >= 15 is 0 Å². The highest BCUT2D eigenvalue weighted by molar-refractivity contribution is 6.08. The Balaban J connectivity index is 2.77. The maximum atomic E-state index is 12.6. The van der Waals surface area contributed by atoms with Crippen LogP contribution in [0.15, 0.2) is 12.2 Å². The second-order valence-corrected chi connectivity index (χ2v) is 6.00. The van der Waals surface area contributed by atoms with Crippen LogP contribution < -0.4 is 0 Å². The number of likely N-dealkylation sites (N-methyl/N-ethyl adjacent to an activating group) is 2. The molecule has 0 unspecified atom stereocenters. The third-order valence-corrected chi connectivity index (χ3v) is 4.91. The van der Waals surface area contributed by atoms with Gasteiger partial charge in [-0.3, -0.25) is 9.59 Å². The molecule has 0 bridgehead atoms. The summed E-state index contributed by atoms with van der Waals surface area (Å²) in [7, 11) is 3.00. The monoisotopic (exact) mass is 308 g/mol. The van der Waals surface area contributed by atoms with Crippen LogP contribution in [0.3, 0.4) is 0 Å². The maximum absolute atomic E-state index is 12.6. The van der Waals surface area contributed by atoms with E-state index in [9.17, 15) is 19.2 Å². The zero-order valence-corrected chi connectivity index (χ0v) is 13.6. The number of imide groups is 2. The van der Waals surface area contributed by atoms with Crippen LogP contribution in [0.2, 0.25) is 0 Å². The Hall–Kier alpha value is -2.38. The van der Waals surface area contributed by atoms with Gasteiger partial charge >= 0.3 is 12.1 Å². The van der Waals surface area contributed by atoms with E-state index in [-0.39, 0.29) is 5.57 Å². The molecular formula is C14H20N4O4. The first-order valence-corrected chi connectivity index (χ1v) is 6.80. The van der Waals surface area contributed by atoms with Crippen molar-refractivity contribution in [3.05, 3.63) is 12.2 Å². The van der Waals surface area contributed by atoms with Crippen LogP contribution in [0, 0.1) is 0 Å². The minimum absolute atomic E-state index is 0.151. The summed E-state index contributed by atoms with van der Waals surface area (Å²) < 4.78 is 0. The van der Waals surface area contributed by atoms with Crippen molar-refractivity contribution in [1.82, 2.24) is 19.6 Å². The molecule has 8 nitrogen and oxygen atoms in total. The topological polar surface area (TPSA) is 81.2 Å². The number of hydrogen-bond donors (Lipinski definition) is 0. The minimum Gasteiger partial charge on any atom is -0.300 e. The van der Waals surface area contributed by atoms with Gasteiger partial charge in [-0.2, -0.15) is 0 Å². The summed E-state index contributed by atoms with van der Waals surface area (Å²) in [5.74, 6) is -1.15. The lowest BCUT2D eigenvalue weighted by molar-refractivity contribution is -0.143. The summed E-state index contributed by atoms with van der Waals surface area (Å²) in [6.07, 6.45) is 0. The Morgan fingerprint density at radius 3 is 1.68 bits per heavy atom. The first-order valence-electron chi connectivity index (χ1n) is 6.80. The van der Waals surface area contributed by atoms with Gasteiger partial charge in [0.25, 0.3) is 5.91 Å². The molecule has 0 radical (unpaired) electrons. The highest BCUT2D eigenvalue weighted by Crippen LogP contribution is 2.50. The summed E-state index contributed by atoms with van der Waals surface area (Å²) in [5.41, 5.74) is -2.47. The molecule has 0 saturated carbocycles. The molecule has 0 spiro atoms. The lowest BCUT2D eigenvalue weighted by Gasteiger charge is -2.42. The van der Waals surface area contributed by atoms with Gasteiger partial charge in [0.05, 0.1) is 0 Å². The molecule has 120 valence electrons. The number of hydrogen-bond acceptors (Lipinski definition) is 4. The fraction of sp³-hybridized carbons (Fsp3) is 0.571. The van der Waals surface area contributed by atoms with Crippen molar-refractivity contribution >= 4 is 23.9 Å². The molecule has 0 aromatic heterocycles. The number of carbonyl (C=O) groups excluding carboxylic acids is 4. The van der Waals surface area contributed by atoms with Gasteiger partial charge in [0.2, 0.25) is 5.91 Å². The van der Waals surface area contributed by atoms with Gasteiger partial charge in [0.15, 0.2) is 11.3 Å². The van der Waals surface area contributed by atoms with Gasteiger partial charge < -0.3 is 9.80 Å². The molecule has 22 heavy (non-hydrogen) atoms. The van der Waals surface area contributed by atoms with E-state index in [1.165, 1.54) is 44.7 Å². The van der Waals surface area contributed by atoms with Gasteiger partial charge in [0, 0.05) is 26.6 Å². The van der Waals surface area contributed by atoms with Crippen LogP contribution in [-0.2, 0) is 9.59 Å². The molecule has 0 aromatic carbocycles. The van der Waals surface area contributed by atoms with Crippen molar-refractivity contribution < 1.29 is 19.2 Å². The van der Waals surface area contributed by atoms with E-state index in [0.717, 1.165) is 9.80 Å². The molecule has 2 rings (SSSR count). The van der Waals surface area contributed by atoms with Crippen LogP contribution >= 0.6 is 0 Å². The van der Waals surface area contributed by atoms with Crippen molar-refractivity contribution in [1.29, 1.82) is 0 Å². The Morgan fingerprint density at radius 2 is 1.32 bits per heavy atom. The molecule has 0 N–H and O–H groups in total. The molecule has 2 atom stereocenters. The second kappa shape index (κ2) is 4.31. The molecular weight excluding hydrogens is 288 g/mol. The zero-order chi connectivity index (χ0) is 17.2. The first kappa shape index (κ1) is 16.0. The summed E-state index contributed by atoms with van der Waals surface area (Å²) in [6, 6.07) is -1.14. The van der Waals surface area contributed by atoms with Crippen molar-refractivity contribution in [2.75, 3.05) is 14.1 Å². The minimum atomic E-state index is -1.45. The van der Waals surface area contributed by atoms with Gasteiger partial charge in [-0.15, -0.1) is 0 Å². The third-order valence-electron chi connectivity index (χ3n) is 4.91. The standard InChI is InChI=1S/C14H20N4O4/c1-8(2)10(20)18-12(22)16(7)13(4)14(18,5)17(9(3)19)11(21)15(13)6/h1H2,2-7H3/t13-,14+/m1/s1. The summed E-state index contributed by atoms with van der Waals surface area (Å²) in [5, 5.41) is 0. The normalized spacial score (nSPS) is 31.0. The van der Waals surface area contributed by atoms with Gasteiger partial charge in [-0.25, -0.2) is 19.4 Å². The van der Waals surface area contributed by atoms with Crippen molar-refractivity contribution in [2.24, 2.45) is 0 Å². The summed E-state index contributed by atoms with van der Waals surface area (Å²) in [6.45, 7) is 9.47. The van der Waals surface area contributed by atoms with Crippen LogP contribution in [0.1, 0.15) is 27.7 Å². The molecule has 6 amide bonds. The Morgan fingerprint density at radius 1 is 0.909 bits per heavy atom. The fourth-order valence-corrected chi connectivity index (χ4v) is 3.35. The highest BCUT2D eigenvalue weighted by Gasteiger charge is 2.75. The van der Waals surface area contributed by atoms with Crippen molar-refractivity contribution in [3.63, 3.8) is 0 Å². The third kappa shape index (κ3) is 1.42. The van der Waals surface area contributed by atoms with Crippen LogP contribution in [0.5, 0.6) is 0 Å².